The van der Waals surface area contributed by atoms with Gasteiger partial charge in [0.25, 0.3) is 0 Å². The number of hydrogen-bond donors (Lipinski definition) is 2. The lowest BCUT2D eigenvalue weighted by atomic mass is 10.2. The fourth-order valence-corrected chi connectivity index (χ4v) is 4.07. The van der Waals surface area contributed by atoms with Crippen LogP contribution in [0.15, 0.2) is 84.0 Å². The normalized spacial score (nSPS) is 11.3. The summed E-state index contributed by atoms with van der Waals surface area (Å²) in [5.41, 5.74) is 2.19. The molecule has 0 saturated heterocycles. The van der Waals surface area contributed by atoms with Crippen LogP contribution in [0.3, 0.4) is 0 Å². The number of halogens is 3. The van der Waals surface area contributed by atoms with Gasteiger partial charge in [0, 0.05) is 17.1 Å². The molecule has 1 aromatic heterocycles. The minimum Gasteiger partial charge on any atom is -0.378 e. The van der Waals surface area contributed by atoms with Gasteiger partial charge < -0.3 is 10.6 Å². The van der Waals surface area contributed by atoms with Gasteiger partial charge in [-0.1, -0.05) is 53.7 Å². The fourth-order valence-electron chi connectivity index (χ4n) is 3.30. The minimum atomic E-state index is -4.48. The molecule has 0 saturated carbocycles. The van der Waals surface area contributed by atoms with E-state index in [4.69, 9.17) is 0 Å². The van der Waals surface area contributed by atoms with E-state index in [2.05, 4.69) is 20.8 Å². The van der Waals surface area contributed by atoms with Crippen LogP contribution in [0.2, 0.25) is 0 Å². The highest BCUT2D eigenvalue weighted by Gasteiger charge is 2.30. The zero-order valence-electron chi connectivity index (χ0n) is 18.7. The molecule has 0 aliphatic rings. The van der Waals surface area contributed by atoms with Crippen LogP contribution in [-0.2, 0) is 17.5 Å². The molecular weight excluding hydrogens is 475 g/mol. The number of carbonyl (C=O) groups excluding carboxylic acids is 1. The molecule has 6 nitrogen and oxygen atoms in total. The highest BCUT2D eigenvalue weighted by Crippen LogP contribution is 2.31. The first-order valence-corrected chi connectivity index (χ1v) is 11.7. The van der Waals surface area contributed by atoms with Gasteiger partial charge in [-0.3, -0.25) is 9.36 Å². The number of nitrogens with zero attached hydrogens (tertiary/aromatic N) is 3. The predicted molar refractivity (Wildman–Crippen MR) is 131 cm³/mol. The van der Waals surface area contributed by atoms with Crippen LogP contribution in [0.1, 0.15) is 17.0 Å². The van der Waals surface area contributed by atoms with Crippen molar-refractivity contribution in [3.63, 3.8) is 0 Å². The summed E-state index contributed by atoms with van der Waals surface area (Å²) in [6, 6.07) is 22.0. The van der Waals surface area contributed by atoms with Crippen molar-refractivity contribution in [2.45, 2.75) is 24.8 Å². The van der Waals surface area contributed by atoms with Crippen molar-refractivity contribution >= 4 is 29.0 Å². The first kappa shape index (κ1) is 24.3. The Labute approximate surface area is 204 Å². The van der Waals surface area contributed by atoms with Crippen LogP contribution < -0.4 is 10.6 Å². The van der Waals surface area contributed by atoms with Crippen molar-refractivity contribution in [3.8, 4) is 5.69 Å². The van der Waals surface area contributed by atoms with E-state index < -0.39 is 17.6 Å². The first-order chi connectivity index (χ1) is 16.8. The molecule has 0 spiro atoms. The molecular formula is C25H22F3N5OS. The zero-order chi connectivity index (χ0) is 24.8. The number of anilines is 2. The van der Waals surface area contributed by atoms with Gasteiger partial charge in [0.05, 0.1) is 17.9 Å². The topological polar surface area (TPSA) is 71.8 Å². The lowest BCUT2D eigenvalue weighted by Gasteiger charge is -2.12. The highest BCUT2D eigenvalue weighted by atomic mass is 32.2. The van der Waals surface area contributed by atoms with Crippen molar-refractivity contribution in [3.05, 3.63) is 95.8 Å². The van der Waals surface area contributed by atoms with Crippen LogP contribution in [0.5, 0.6) is 0 Å². The number of aryl methyl sites for hydroxylation is 1. The van der Waals surface area contributed by atoms with Crippen LogP contribution in [0.4, 0.5) is 24.5 Å². The number of para-hydroxylation sites is 1. The number of rotatable bonds is 8. The molecule has 1 amide bonds. The lowest BCUT2D eigenvalue weighted by Crippen LogP contribution is -2.15. The average molecular weight is 498 g/mol. The number of thioether (sulfide) groups is 1. The van der Waals surface area contributed by atoms with Crippen LogP contribution >= 0.6 is 11.8 Å². The molecule has 0 unspecified atom stereocenters. The Bertz CT molecular complexity index is 1290. The van der Waals surface area contributed by atoms with Gasteiger partial charge in [0.2, 0.25) is 5.91 Å². The summed E-state index contributed by atoms with van der Waals surface area (Å²) in [5.74, 6) is 0.154. The molecule has 4 rings (SSSR count). The quantitative estimate of drug-likeness (QED) is 0.295. The summed E-state index contributed by atoms with van der Waals surface area (Å²) in [4.78, 5) is 12.5. The van der Waals surface area contributed by atoms with Gasteiger partial charge >= 0.3 is 6.18 Å². The number of benzene rings is 3. The molecule has 10 heteroatoms. The summed E-state index contributed by atoms with van der Waals surface area (Å²) >= 11 is 1.15. The standard InChI is InChI=1S/C25H22F3N5OS/c1-17-10-12-19(13-11-17)29-15-22-31-32-24(33(22)21-8-3-2-4-9-21)35-16-23(34)30-20-7-5-6-18(14-20)25(26,27)28/h2-14,29H,15-16H2,1H3,(H,30,34). The van der Waals surface area contributed by atoms with Gasteiger partial charge in [-0.2, -0.15) is 13.2 Å². The van der Waals surface area contributed by atoms with Gasteiger partial charge in [-0.25, -0.2) is 0 Å². The highest BCUT2D eigenvalue weighted by molar-refractivity contribution is 7.99. The monoisotopic (exact) mass is 497 g/mol. The summed E-state index contributed by atoms with van der Waals surface area (Å²) in [6.07, 6.45) is -4.48. The zero-order valence-corrected chi connectivity index (χ0v) is 19.5. The van der Waals surface area contributed by atoms with Crippen molar-refractivity contribution < 1.29 is 18.0 Å². The maximum absolute atomic E-state index is 12.9. The molecule has 0 aliphatic heterocycles. The second-order valence-electron chi connectivity index (χ2n) is 7.70. The molecule has 3 aromatic carbocycles. The maximum atomic E-state index is 12.9. The summed E-state index contributed by atoms with van der Waals surface area (Å²) in [7, 11) is 0. The lowest BCUT2D eigenvalue weighted by molar-refractivity contribution is -0.137. The van der Waals surface area contributed by atoms with Crippen LogP contribution in [0.25, 0.3) is 5.69 Å². The molecule has 180 valence electrons. The Kier molecular flexibility index (Phi) is 7.40. The SMILES string of the molecule is Cc1ccc(NCc2nnc(SCC(=O)Nc3cccc(C(F)(F)F)c3)n2-c2ccccc2)cc1. The molecule has 4 aromatic rings. The number of aromatic nitrogens is 3. The molecule has 0 fully saturated rings. The summed E-state index contributed by atoms with van der Waals surface area (Å²) in [5, 5.41) is 14.9. The third kappa shape index (κ3) is 6.42. The van der Waals surface area contributed by atoms with E-state index in [0.717, 1.165) is 40.8 Å². The second kappa shape index (κ2) is 10.6. The van der Waals surface area contributed by atoms with E-state index in [1.54, 1.807) is 0 Å². The van der Waals surface area contributed by atoms with Crippen molar-refractivity contribution in [1.82, 2.24) is 14.8 Å². The van der Waals surface area contributed by atoms with Gasteiger partial charge in [-0.05, 0) is 49.4 Å². The van der Waals surface area contributed by atoms with Gasteiger partial charge in [-0.15, -0.1) is 10.2 Å². The molecule has 0 aliphatic carbocycles. The molecule has 0 atom stereocenters. The third-order valence-corrected chi connectivity index (χ3v) is 5.95. The van der Waals surface area contributed by atoms with Crippen molar-refractivity contribution in [1.29, 1.82) is 0 Å². The molecule has 0 radical (unpaired) electrons. The third-order valence-electron chi connectivity index (χ3n) is 5.02. The Balaban J connectivity index is 1.47. The predicted octanol–water partition coefficient (Wildman–Crippen LogP) is 5.94. The number of amides is 1. The second-order valence-corrected chi connectivity index (χ2v) is 8.65. The Hall–Kier alpha value is -3.79. The van der Waals surface area contributed by atoms with E-state index >= 15 is 0 Å². The van der Waals surface area contributed by atoms with E-state index in [-0.39, 0.29) is 11.4 Å². The fraction of sp³-hybridized carbons (Fsp3) is 0.160. The Morgan fingerprint density at radius 2 is 1.69 bits per heavy atom. The average Bonchev–Trinajstić information content (AvgIpc) is 3.25. The minimum absolute atomic E-state index is 0.0490. The van der Waals surface area contributed by atoms with Crippen LogP contribution in [-0.4, -0.2) is 26.4 Å². The Morgan fingerprint density at radius 3 is 2.40 bits per heavy atom. The summed E-state index contributed by atoms with van der Waals surface area (Å²) in [6.45, 7) is 2.42. The summed E-state index contributed by atoms with van der Waals surface area (Å²) < 4.78 is 40.6. The van der Waals surface area contributed by atoms with Gasteiger partial charge in [0.1, 0.15) is 0 Å². The van der Waals surface area contributed by atoms with E-state index in [1.165, 1.54) is 12.1 Å². The molecule has 0 bridgehead atoms. The van der Waals surface area contributed by atoms with Crippen molar-refractivity contribution in [2.24, 2.45) is 0 Å². The molecule has 2 N–H and O–H groups in total. The number of hydrogen-bond acceptors (Lipinski definition) is 5. The smallest absolute Gasteiger partial charge is 0.378 e. The molecule has 35 heavy (non-hydrogen) atoms. The number of carbonyl (C=O) groups is 1. The van der Waals surface area contributed by atoms with Gasteiger partial charge in [0.15, 0.2) is 11.0 Å². The number of nitrogens with one attached hydrogen (secondary N) is 2. The van der Waals surface area contributed by atoms with E-state index in [1.807, 2.05) is 66.1 Å². The first-order valence-electron chi connectivity index (χ1n) is 10.7. The molecule has 1 heterocycles. The van der Waals surface area contributed by atoms with E-state index in [9.17, 15) is 18.0 Å². The van der Waals surface area contributed by atoms with Crippen LogP contribution in [0, 0.1) is 6.92 Å². The van der Waals surface area contributed by atoms with E-state index in [0.29, 0.717) is 17.5 Å². The maximum Gasteiger partial charge on any atom is 0.416 e. The largest absolute Gasteiger partial charge is 0.416 e. The number of alkyl halides is 3. The van der Waals surface area contributed by atoms with Crippen molar-refractivity contribution in [2.75, 3.05) is 16.4 Å². The Morgan fingerprint density at radius 1 is 0.943 bits per heavy atom.